The van der Waals surface area contributed by atoms with Crippen LogP contribution in [0.1, 0.15) is 35.3 Å². The highest BCUT2D eigenvalue weighted by Crippen LogP contribution is 2.19. The van der Waals surface area contributed by atoms with Crippen LogP contribution in [0, 0.1) is 10.1 Å². The molecule has 1 amide bonds. The van der Waals surface area contributed by atoms with Crippen LogP contribution >= 0.6 is 11.3 Å². The standard InChI is InChI=1S/C16H16N6O3S/c1-2-3-7-14-18-19-16(26-14)17-15(23)13-8-9-21(20-13)11-5-4-6-12(10-11)22(24)25/h4-6,8-10H,2-3,7H2,1H3,(H,17,19,23). The first-order chi connectivity index (χ1) is 12.6. The predicted octanol–water partition coefficient (Wildman–Crippen LogP) is 3.23. The molecule has 0 atom stereocenters. The summed E-state index contributed by atoms with van der Waals surface area (Å²) in [7, 11) is 0. The van der Waals surface area contributed by atoms with Crippen molar-refractivity contribution in [2.24, 2.45) is 0 Å². The summed E-state index contributed by atoms with van der Waals surface area (Å²) in [5.41, 5.74) is 0.635. The van der Waals surface area contributed by atoms with Gasteiger partial charge in [0.15, 0.2) is 5.69 Å². The van der Waals surface area contributed by atoms with Crippen molar-refractivity contribution >= 4 is 28.1 Å². The van der Waals surface area contributed by atoms with E-state index in [0.717, 1.165) is 24.3 Å². The van der Waals surface area contributed by atoms with Gasteiger partial charge in [-0.25, -0.2) is 4.68 Å². The van der Waals surface area contributed by atoms with Crippen molar-refractivity contribution in [1.82, 2.24) is 20.0 Å². The van der Waals surface area contributed by atoms with Gasteiger partial charge in [-0.1, -0.05) is 30.7 Å². The summed E-state index contributed by atoms with van der Waals surface area (Å²) in [5, 5.41) is 27.0. The fourth-order valence-corrected chi connectivity index (χ4v) is 3.01. The topological polar surface area (TPSA) is 116 Å². The van der Waals surface area contributed by atoms with Crippen LogP contribution in [-0.2, 0) is 6.42 Å². The molecule has 0 aliphatic rings. The molecule has 9 nitrogen and oxygen atoms in total. The average molecular weight is 372 g/mol. The Morgan fingerprint density at radius 1 is 1.35 bits per heavy atom. The van der Waals surface area contributed by atoms with Gasteiger partial charge in [0.1, 0.15) is 5.01 Å². The Balaban J connectivity index is 1.71. The van der Waals surface area contributed by atoms with Crippen molar-refractivity contribution in [2.75, 3.05) is 5.32 Å². The molecule has 0 radical (unpaired) electrons. The molecule has 26 heavy (non-hydrogen) atoms. The van der Waals surface area contributed by atoms with Gasteiger partial charge in [0, 0.05) is 24.8 Å². The van der Waals surface area contributed by atoms with E-state index in [4.69, 9.17) is 0 Å². The van der Waals surface area contributed by atoms with Gasteiger partial charge in [-0.3, -0.25) is 20.2 Å². The monoisotopic (exact) mass is 372 g/mol. The van der Waals surface area contributed by atoms with Gasteiger partial charge in [0.25, 0.3) is 11.6 Å². The molecular weight excluding hydrogens is 356 g/mol. The summed E-state index contributed by atoms with van der Waals surface area (Å²) < 4.78 is 1.41. The van der Waals surface area contributed by atoms with Crippen LogP contribution in [0.2, 0.25) is 0 Å². The molecule has 3 aromatic rings. The summed E-state index contributed by atoms with van der Waals surface area (Å²) in [6, 6.07) is 7.55. The minimum atomic E-state index is -0.480. The Morgan fingerprint density at radius 2 is 2.19 bits per heavy atom. The van der Waals surface area contributed by atoms with Gasteiger partial charge in [-0.15, -0.1) is 10.2 Å². The second-order valence-corrected chi connectivity index (χ2v) is 6.54. The number of nitro benzene ring substituents is 1. The van der Waals surface area contributed by atoms with E-state index in [0.29, 0.717) is 10.8 Å². The molecule has 0 bridgehead atoms. The number of aryl methyl sites for hydroxylation is 1. The Hall–Kier alpha value is -3.14. The highest BCUT2D eigenvalue weighted by molar-refractivity contribution is 7.15. The molecule has 0 aliphatic heterocycles. The first-order valence-corrected chi connectivity index (χ1v) is 8.82. The summed E-state index contributed by atoms with van der Waals surface area (Å²) >= 11 is 1.34. The Kier molecular flexibility index (Phi) is 5.32. The van der Waals surface area contributed by atoms with Gasteiger partial charge in [-0.2, -0.15) is 5.10 Å². The lowest BCUT2D eigenvalue weighted by molar-refractivity contribution is -0.384. The number of non-ortho nitro benzene ring substituents is 1. The third-order valence-corrected chi connectivity index (χ3v) is 4.46. The molecule has 0 aliphatic carbocycles. The second kappa shape index (κ2) is 7.83. The number of nitro groups is 1. The fourth-order valence-electron chi connectivity index (χ4n) is 2.23. The third-order valence-electron chi connectivity index (χ3n) is 3.56. The third kappa shape index (κ3) is 4.09. The van der Waals surface area contributed by atoms with Gasteiger partial charge in [0.05, 0.1) is 10.6 Å². The number of amides is 1. The molecule has 0 saturated carbocycles. The lowest BCUT2D eigenvalue weighted by Gasteiger charge is -2.01. The van der Waals surface area contributed by atoms with Gasteiger partial charge >= 0.3 is 0 Å². The first-order valence-electron chi connectivity index (χ1n) is 8.01. The lowest BCUT2D eigenvalue weighted by Crippen LogP contribution is -2.13. The molecule has 2 heterocycles. The van der Waals surface area contributed by atoms with Gasteiger partial charge in [-0.05, 0) is 18.6 Å². The van der Waals surface area contributed by atoms with E-state index in [1.54, 1.807) is 18.3 Å². The van der Waals surface area contributed by atoms with E-state index in [1.807, 2.05) is 0 Å². The van der Waals surface area contributed by atoms with Crippen molar-refractivity contribution in [3.63, 3.8) is 0 Å². The smallest absolute Gasteiger partial charge is 0.277 e. The average Bonchev–Trinajstić information content (AvgIpc) is 3.29. The maximum Gasteiger partial charge on any atom is 0.277 e. The molecule has 134 valence electrons. The number of anilines is 1. The minimum Gasteiger partial charge on any atom is -0.295 e. The van der Waals surface area contributed by atoms with Crippen LogP contribution < -0.4 is 5.32 Å². The van der Waals surface area contributed by atoms with E-state index in [2.05, 4.69) is 27.5 Å². The molecule has 1 N–H and O–H groups in total. The number of aromatic nitrogens is 4. The highest BCUT2D eigenvalue weighted by atomic mass is 32.1. The number of rotatable bonds is 7. The SMILES string of the molecule is CCCCc1nnc(NC(=O)c2ccn(-c3cccc([N+](=O)[O-])c3)n2)s1. The Labute approximate surface area is 152 Å². The number of nitrogens with one attached hydrogen (secondary N) is 1. The van der Waals surface area contributed by atoms with Gasteiger partial charge in [0.2, 0.25) is 5.13 Å². The van der Waals surface area contributed by atoms with Crippen molar-refractivity contribution in [3.8, 4) is 5.69 Å². The van der Waals surface area contributed by atoms with E-state index < -0.39 is 10.8 Å². The molecule has 10 heteroatoms. The summed E-state index contributed by atoms with van der Waals surface area (Å²) in [4.78, 5) is 22.7. The minimum absolute atomic E-state index is 0.0440. The molecule has 3 rings (SSSR count). The zero-order chi connectivity index (χ0) is 18.5. The first kappa shape index (κ1) is 17.7. The molecule has 2 aromatic heterocycles. The van der Waals surface area contributed by atoms with Gasteiger partial charge < -0.3 is 0 Å². The van der Waals surface area contributed by atoms with E-state index in [9.17, 15) is 14.9 Å². The van der Waals surface area contributed by atoms with E-state index >= 15 is 0 Å². The zero-order valence-electron chi connectivity index (χ0n) is 14.0. The number of carbonyl (C=O) groups is 1. The number of unbranched alkanes of at least 4 members (excludes halogenated alkanes) is 1. The Bertz CT molecular complexity index is 935. The fraction of sp³-hybridized carbons (Fsp3) is 0.250. The normalized spacial score (nSPS) is 10.7. The van der Waals surface area contributed by atoms with Crippen molar-refractivity contribution < 1.29 is 9.72 Å². The predicted molar refractivity (Wildman–Crippen MR) is 96.7 cm³/mol. The second-order valence-electron chi connectivity index (χ2n) is 5.48. The maximum absolute atomic E-state index is 12.3. The van der Waals surface area contributed by atoms with Crippen LogP contribution in [0.25, 0.3) is 5.69 Å². The van der Waals surface area contributed by atoms with Crippen molar-refractivity contribution in [1.29, 1.82) is 0 Å². The van der Waals surface area contributed by atoms with Crippen molar-refractivity contribution in [2.45, 2.75) is 26.2 Å². The van der Waals surface area contributed by atoms with Crippen LogP contribution in [0.4, 0.5) is 10.8 Å². The largest absolute Gasteiger partial charge is 0.295 e. The number of nitrogens with zero attached hydrogens (tertiary/aromatic N) is 5. The summed E-state index contributed by atoms with van der Waals surface area (Å²) in [6.45, 7) is 2.10. The number of hydrogen-bond acceptors (Lipinski definition) is 7. The lowest BCUT2D eigenvalue weighted by atomic mass is 10.3. The number of carbonyl (C=O) groups excluding carboxylic acids is 1. The molecular formula is C16H16N6O3S. The highest BCUT2D eigenvalue weighted by Gasteiger charge is 2.14. The molecule has 1 aromatic carbocycles. The number of hydrogen-bond donors (Lipinski definition) is 1. The molecule has 0 spiro atoms. The Morgan fingerprint density at radius 3 is 2.96 bits per heavy atom. The van der Waals surface area contributed by atoms with Crippen LogP contribution in [0.3, 0.4) is 0 Å². The van der Waals surface area contributed by atoms with Crippen LogP contribution in [-0.4, -0.2) is 30.8 Å². The van der Waals surface area contributed by atoms with E-state index in [-0.39, 0.29) is 11.4 Å². The summed E-state index contributed by atoms with van der Waals surface area (Å²) in [5.74, 6) is -0.410. The van der Waals surface area contributed by atoms with Crippen LogP contribution in [0.5, 0.6) is 0 Å². The quantitative estimate of drug-likeness (QED) is 0.503. The van der Waals surface area contributed by atoms with E-state index in [1.165, 1.54) is 34.2 Å². The molecule has 0 saturated heterocycles. The zero-order valence-corrected chi connectivity index (χ0v) is 14.8. The molecule has 0 unspecified atom stereocenters. The van der Waals surface area contributed by atoms with Crippen LogP contribution in [0.15, 0.2) is 36.5 Å². The molecule has 0 fully saturated rings. The maximum atomic E-state index is 12.3. The number of benzene rings is 1. The van der Waals surface area contributed by atoms with Crippen molar-refractivity contribution in [3.05, 3.63) is 57.3 Å². The summed E-state index contributed by atoms with van der Waals surface area (Å²) in [6.07, 6.45) is 4.50.